The molecule has 1 saturated heterocycles. The van der Waals surface area contributed by atoms with Crippen molar-refractivity contribution in [1.82, 2.24) is 5.32 Å². The van der Waals surface area contributed by atoms with Gasteiger partial charge in [-0.25, -0.2) is 8.78 Å². The molecule has 0 bridgehead atoms. The second kappa shape index (κ2) is 5.93. The van der Waals surface area contributed by atoms with Crippen molar-refractivity contribution in [2.75, 3.05) is 25.0 Å². The predicted octanol–water partition coefficient (Wildman–Crippen LogP) is -0.00940. The van der Waals surface area contributed by atoms with E-state index >= 15 is 0 Å². The van der Waals surface area contributed by atoms with Crippen LogP contribution in [0.25, 0.3) is 0 Å². The molecule has 2 amide bonds. The number of nitrogens with one attached hydrogen (secondary N) is 2. The minimum atomic E-state index is -1.08. The summed E-state index contributed by atoms with van der Waals surface area (Å²) in [5, 5.41) is 5.19. The monoisotopic (exact) mass is 285 g/mol. The van der Waals surface area contributed by atoms with Gasteiger partial charge in [0.25, 0.3) is 11.8 Å². The first-order chi connectivity index (χ1) is 9.49. The highest BCUT2D eigenvalue weighted by molar-refractivity contribution is 5.98. The van der Waals surface area contributed by atoms with Gasteiger partial charge in [-0.15, -0.1) is 0 Å². The number of carbonyl (C=O) groups is 2. The Hall–Kier alpha value is -2.06. The Morgan fingerprint density at radius 1 is 1.35 bits per heavy atom. The molecule has 8 heteroatoms. The number of rotatable bonds is 3. The lowest BCUT2D eigenvalue weighted by atomic mass is 10.1. The molecule has 2 rings (SSSR count). The highest BCUT2D eigenvalue weighted by atomic mass is 19.1. The van der Waals surface area contributed by atoms with Gasteiger partial charge in [0.2, 0.25) is 0 Å². The Kier molecular flexibility index (Phi) is 4.26. The molecule has 1 unspecified atom stereocenters. The molecule has 6 nitrogen and oxygen atoms in total. The van der Waals surface area contributed by atoms with Crippen LogP contribution in [0.5, 0.6) is 0 Å². The maximum absolute atomic E-state index is 13.6. The molecular weight excluding hydrogens is 272 g/mol. The van der Waals surface area contributed by atoms with E-state index in [1.54, 1.807) is 0 Å². The minimum Gasteiger partial charge on any atom is -0.366 e. The molecule has 0 aliphatic carbocycles. The molecule has 1 aromatic rings. The van der Waals surface area contributed by atoms with E-state index in [4.69, 9.17) is 10.5 Å². The molecule has 1 atom stereocenters. The number of anilines is 1. The number of nitrogens with two attached hydrogens (primary N) is 1. The molecule has 1 aliphatic heterocycles. The van der Waals surface area contributed by atoms with Gasteiger partial charge in [0.15, 0.2) is 0 Å². The summed E-state index contributed by atoms with van der Waals surface area (Å²) in [4.78, 5) is 22.8. The van der Waals surface area contributed by atoms with Crippen LogP contribution in [-0.4, -0.2) is 37.6 Å². The van der Waals surface area contributed by atoms with E-state index in [1.165, 1.54) is 0 Å². The quantitative estimate of drug-likeness (QED) is 0.728. The fraction of sp³-hybridized carbons (Fsp3) is 0.333. The van der Waals surface area contributed by atoms with Gasteiger partial charge >= 0.3 is 0 Å². The highest BCUT2D eigenvalue weighted by Crippen LogP contribution is 2.19. The molecule has 1 fully saturated rings. The summed E-state index contributed by atoms with van der Waals surface area (Å²) in [6.45, 7) is 1.27. The van der Waals surface area contributed by atoms with Crippen molar-refractivity contribution < 1.29 is 23.1 Å². The van der Waals surface area contributed by atoms with Crippen LogP contribution in [0.4, 0.5) is 14.5 Å². The second-order valence-electron chi connectivity index (χ2n) is 4.23. The fourth-order valence-corrected chi connectivity index (χ4v) is 1.78. The van der Waals surface area contributed by atoms with Crippen molar-refractivity contribution in [2.24, 2.45) is 5.73 Å². The van der Waals surface area contributed by atoms with Crippen molar-refractivity contribution in [3.63, 3.8) is 0 Å². The molecule has 1 aliphatic rings. The molecule has 0 spiro atoms. The van der Waals surface area contributed by atoms with E-state index in [2.05, 4.69) is 10.6 Å². The van der Waals surface area contributed by atoms with E-state index in [0.717, 1.165) is 6.07 Å². The molecule has 0 aromatic heterocycles. The third-order valence-corrected chi connectivity index (χ3v) is 2.80. The Morgan fingerprint density at radius 3 is 2.70 bits per heavy atom. The van der Waals surface area contributed by atoms with Crippen LogP contribution in [0.15, 0.2) is 12.1 Å². The Morgan fingerprint density at radius 2 is 2.10 bits per heavy atom. The molecule has 0 radical (unpaired) electrons. The van der Waals surface area contributed by atoms with Gasteiger partial charge in [0, 0.05) is 19.2 Å². The predicted molar refractivity (Wildman–Crippen MR) is 66.1 cm³/mol. The summed E-state index contributed by atoms with van der Waals surface area (Å²) >= 11 is 0. The number of amides is 2. The van der Waals surface area contributed by atoms with Gasteiger partial charge in [-0.05, 0) is 6.07 Å². The van der Waals surface area contributed by atoms with Crippen LogP contribution in [-0.2, 0) is 9.53 Å². The van der Waals surface area contributed by atoms with E-state index in [-0.39, 0.29) is 12.2 Å². The average molecular weight is 285 g/mol. The van der Waals surface area contributed by atoms with Gasteiger partial charge < -0.3 is 21.1 Å². The van der Waals surface area contributed by atoms with Crippen molar-refractivity contribution in [2.45, 2.75) is 6.10 Å². The molecular formula is C12H13F2N3O3. The van der Waals surface area contributed by atoms with Crippen molar-refractivity contribution in [3.8, 4) is 0 Å². The van der Waals surface area contributed by atoms with E-state index in [9.17, 15) is 18.4 Å². The van der Waals surface area contributed by atoms with Gasteiger partial charge in [-0.2, -0.15) is 0 Å². The zero-order valence-corrected chi connectivity index (χ0v) is 10.4. The normalized spacial score (nSPS) is 18.6. The van der Waals surface area contributed by atoms with Crippen LogP contribution in [0, 0.1) is 11.6 Å². The first kappa shape index (κ1) is 14.4. The van der Waals surface area contributed by atoms with Crippen LogP contribution < -0.4 is 16.4 Å². The van der Waals surface area contributed by atoms with Gasteiger partial charge in [0.05, 0.1) is 17.9 Å². The van der Waals surface area contributed by atoms with Gasteiger partial charge in [0.1, 0.15) is 17.7 Å². The molecule has 20 heavy (non-hydrogen) atoms. The molecule has 1 aromatic carbocycles. The molecule has 0 saturated carbocycles. The standard InChI is InChI=1S/C12H13F2N3O3/c13-7-4-8(14)9(3-6(7)11(15)18)17-12(19)10-5-16-1-2-20-10/h3-4,10,16H,1-2,5H2,(H2,15,18)(H,17,19). The maximum atomic E-state index is 13.6. The van der Waals surface area contributed by atoms with Crippen molar-refractivity contribution >= 4 is 17.5 Å². The SMILES string of the molecule is NC(=O)c1cc(NC(=O)C2CNCCO2)c(F)cc1F. The summed E-state index contributed by atoms with van der Waals surface area (Å²) in [6, 6.07) is 1.36. The lowest BCUT2D eigenvalue weighted by molar-refractivity contribution is -0.128. The highest BCUT2D eigenvalue weighted by Gasteiger charge is 2.23. The third kappa shape index (κ3) is 3.09. The van der Waals surface area contributed by atoms with Crippen LogP contribution >= 0.6 is 0 Å². The number of hydrogen-bond donors (Lipinski definition) is 3. The van der Waals surface area contributed by atoms with Crippen LogP contribution in [0.1, 0.15) is 10.4 Å². The van der Waals surface area contributed by atoms with Crippen LogP contribution in [0.2, 0.25) is 0 Å². The smallest absolute Gasteiger partial charge is 0.254 e. The Labute approximate surface area is 113 Å². The van der Waals surface area contributed by atoms with Gasteiger partial charge in [-0.3, -0.25) is 9.59 Å². The third-order valence-electron chi connectivity index (χ3n) is 2.80. The largest absolute Gasteiger partial charge is 0.366 e. The molecule has 108 valence electrons. The summed E-state index contributed by atoms with van der Waals surface area (Å²) < 4.78 is 32.0. The lowest BCUT2D eigenvalue weighted by Gasteiger charge is -2.22. The number of carbonyl (C=O) groups excluding carboxylic acids is 2. The molecule has 4 N–H and O–H groups in total. The summed E-state index contributed by atoms with van der Waals surface area (Å²) in [5.41, 5.74) is 4.14. The first-order valence-corrected chi connectivity index (χ1v) is 5.91. The maximum Gasteiger partial charge on any atom is 0.254 e. The second-order valence-corrected chi connectivity index (χ2v) is 4.23. The minimum absolute atomic E-state index is 0.289. The van der Waals surface area contributed by atoms with E-state index < -0.39 is 35.1 Å². The number of morpholine rings is 1. The van der Waals surface area contributed by atoms with E-state index in [1.807, 2.05) is 0 Å². The van der Waals surface area contributed by atoms with Crippen molar-refractivity contribution in [3.05, 3.63) is 29.3 Å². The number of hydrogen-bond acceptors (Lipinski definition) is 4. The molecule has 1 heterocycles. The number of ether oxygens (including phenoxy) is 1. The first-order valence-electron chi connectivity index (χ1n) is 5.91. The summed E-state index contributed by atoms with van der Waals surface area (Å²) in [5.74, 6) is -3.71. The Balaban J connectivity index is 2.18. The number of primary amides is 1. The lowest BCUT2D eigenvalue weighted by Crippen LogP contribution is -2.45. The average Bonchev–Trinajstić information content (AvgIpc) is 2.42. The summed E-state index contributed by atoms with van der Waals surface area (Å²) in [7, 11) is 0. The summed E-state index contributed by atoms with van der Waals surface area (Å²) in [6.07, 6.45) is -0.773. The topological polar surface area (TPSA) is 93.5 Å². The zero-order valence-electron chi connectivity index (χ0n) is 10.4. The van der Waals surface area contributed by atoms with Gasteiger partial charge in [-0.1, -0.05) is 0 Å². The Bertz CT molecular complexity index is 545. The number of benzene rings is 1. The zero-order chi connectivity index (χ0) is 14.7. The van der Waals surface area contributed by atoms with Crippen LogP contribution in [0.3, 0.4) is 0 Å². The fourth-order valence-electron chi connectivity index (χ4n) is 1.78. The number of halogens is 2. The van der Waals surface area contributed by atoms with E-state index in [0.29, 0.717) is 19.2 Å². The van der Waals surface area contributed by atoms with Crippen molar-refractivity contribution in [1.29, 1.82) is 0 Å².